The van der Waals surface area contributed by atoms with Crippen LogP contribution < -0.4 is 4.74 Å². The number of carboxylic acid groups (broad SMARTS) is 1. The van der Waals surface area contributed by atoms with Gasteiger partial charge in [0.15, 0.2) is 6.61 Å². The summed E-state index contributed by atoms with van der Waals surface area (Å²) in [5.74, 6) is 0.931. The van der Waals surface area contributed by atoms with Gasteiger partial charge < -0.3 is 14.6 Å². The Hall–Kier alpha value is -1.75. The van der Waals surface area contributed by atoms with Crippen LogP contribution in [0.4, 0.5) is 0 Å². The number of hydrogen-bond donors (Lipinski definition) is 1. The summed E-state index contributed by atoms with van der Waals surface area (Å²) in [6.45, 7) is 1.85. The monoisotopic (exact) mass is 300 g/mol. The Labute approximate surface area is 122 Å². The summed E-state index contributed by atoms with van der Waals surface area (Å²) >= 11 is 5.95. The van der Waals surface area contributed by atoms with Crippen LogP contribution in [0.1, 0.15) is 31.2 Å². The van der Waals surface area contributed by atoms with Crippen LogP contribution in [-0.4, -0.2) is 30.8 Å². The summed E-state index contributed by atoms with van der Waals surface area (Å²) < 4.78 is 10.3. The molecule has 0 aromatic heterocycles. The van der Waals surface area contributed by atoms with E-state index in [-0.39, 0.29) is 19.0 Å². The lowest BCUT2D eigenvalue weighted by molar-refractivity contribution is -0.145. The zero-order valence-corrected chi connectivity index (χ0v) is 11.9. The van der Waals surface area contributed by atoms with E-state index in [1.807, 2.05) is 12.1 Å². The number of rotatable bonds is 5. The minimum Gasteiger partial charge on any atom is -0.483 e. The van der Waals surface area contributed by atoms with E-state index in [1.54, 1.807) is 13.0 Å². The maximum Gasteiger partial charge on any atom is 0.344 e. The van der Waals surface area contributed by atoms with Crippen molar-refractivity contribution in [2.45, 2.75) is 25.7 Å². The minimum absolute atomic E-state index is 0.0464. The zero-order chi connectivity index (χ0) is 15.0. The predicted octanol–water partition coefficient (Wildman–Crippen LogP) is 2.86. The molecule has 1 aliphatic rings. The molecule has 1 aromatic rings. The van der Waals surface area contributed by atoms with Crippen molar-refractivity contribution < 1.29 is 24.2 Å². The first-order valence-corrected chi connectivity index (χ1v) is 6.65. The molecule has 0 spiro atoms. The molecule has 1 aromatic carbocycles. The third-order valence-electron chi connectivity index (χ3n) is 2.64. The number of carbonyl (C=O) groups is 2. The largest absolute Gasteiger partial charge is 0.483 e. The fourth-order valence-electron chi connectivity index (χ4n) is 1.70. The molecule has 0 unspecified atom stereocenters. The van der Waals surface area contributed by atoms with Gasteiger partial charge >= 0.3 is 5.97 Å². The molecule has 2 rings (SSSR count). The van der Waals surface area contributed by atoms with Crippen molar-refractivity contribution in [3.8, 4) is 5.75 Å². The van der Waals surface area contributed by atoms with E-state index >= 15 is 0 Å². The van der Waals surface area contributed by atoms with Crippen molar-refractivity contribution in [2.24, 2.45) is 0 Å². The first-order valence-electron chi connectivity index (χ1n) is 6.28. The van der Waals surface area contributed by atoms with Crippen LogP contribution in [0.15, 0.2) is 18.2 Å². The van der Waals surface area contributed by atoms with Crippen LogP contribution >= 0.6 is 11.6 Å². The van der Waals surface area contributed by atoms with Gasteiger partial charge in [-0.25, -0.2) is 4.79 Å². The molecule has 0 amide bonds. The fourth-order valence-corrected chi connectivity index (χ4v) is 1.88. The first-order chi connectivity index (χ1) is 9.62. The molecule has 1 aliphatic carbocycles. The van der Waals surface area contributed by atoms with Crippen molar-refractivity contribution in [1.29, 1.82) is 0 Å². The van der Waals surface area contributed by atoms with E-state index in [2.05, 4.69) is 0 Å². The van der Waals surface area contributed by atoms with Crippen LogP contribution in [0.25, 0.3) is 0 Å². The van der Waals surface area contributed by atoms with E-state index < -0.39 is 0 Å². The number of halogens is 1. The topological polar surface area (TPSA) is 72.8 Å². The van der Waals surface area contributed by atoms with Gasteiger partial charge in [0, 0.05) is 5.02 Å². The lowest BCUT2D eigenvalue weighted by Crippen LogP contribution is -2.15. The summed E-state index contributed by atoms with van der Waals surface area (Å²) in [6.07, 6.45) is 2.33. The molecule has 1 N–H and O–H groups in total. The SMILES string of the molecule is CCOC(=O)COc1ccc(Cl)cc1C1CC1.O=CO. The molecule has 0 aliphatic heterocycles. The Bertz CT molecular complexity index is 457. The van der Waals surface area contributed by atoms with Crippen molar-refractivity contribution in [3.05, 3.63) is 28.8 Å². The summed E-state index contributed by atoms with van der Waals surface area (Å²) in [4.78, 5) is 19.6. The highest BCUT2D eigenvalue weighted by Gasteiger charge is 2.27. The average molecular weight is 301 g/mol. The molecule has 110 valence electrons. The highest BCUT2D eigenvalue weighted by molar-refractivity contribution is 6.30. The van der Waals surface area contributed by atoms with Crippen LogP contribution in [0.2, 0.25) is 5.02 Å². The second kappa shape index (κ2) is 8.43. The molecule has 0 atom stereocenters. The number of carbonyl (C=O) groups excluding carboxylic acids is 1. The predicted molar refractivity (Wildman–Crippen MR) is 74.2 cm³/mol. The van der Waals surface area contributed by atoms with Gasteiger partial charge in [0.25, 0.3) is 6.47 Å². The highest BCUT2D eigenvalue weighted by Crippen LogP contribution is 2.45. The maximum atomic E-state index is 11.2. The van der Waals surface area contributed by atoms with Gasteiger partial charge in [-0.3, -0.25) is 4.79 Å². The highest BCUT2D eigenvalue weighted by atomic mass is 35.5. The lowest BCUT2D eigenvalue weighted by atomic mass is 10.1. The fraction of sp³-hybridized carbons (Fsp3) is 0.429. The van der Waals surface area contributed by atoms with Gasteiger partial charge in [-0.05, 0) is 49.4 Å². The number of hydrogen-bond acceptors (Lipinski definition) is 4. The van der Waals surface area contributed by atoms with E-state index in [1.165, 1.54) is 0 Å². The Kier molecular flexibility index (Phi) is 6.87. The van der Waals surface area contributed by atoms with Crippen LogP contribution in [0.3, 0.4) is 0 Å². The second-order valence-electron chi connectivity index (χ2n) is 4.16. The molecule has 1 saturated carbocycles. The molecule has 6 heteroatoms. The number of esters is 1. The molecule has 0 saturated heterocycles. The third-order valence-corrected chi connectivity index (χ3v) is 2.87. The molecular formula is C14H17ClO5. The van der Waals surface area contributed by atoms with Crippen molar-refractivity contribution in [2.75, 3.05) is 13.2 Å². The summed E-state index contributed by atoms with van der Waals surface area (Å²) in [5, 5.41) is 7.59. The third kappa shape index (κ3) is 5.48. The molecule has 20 heavy (non-hydrogen) atoms. The lowest BCUT2D eigenvalue weighted by Gasteiger charge is -2.10. The molecule has 5 nitrogen and oxygen atoms in total. The number of ether oxygens (including phenoxy) is 2. The summed E-state index contributed by atoms with van der Waals surface area (Å²) in [6, 6.07) is 5.50. The zero-order valence-electron chi connectivity index (χ0n) is 11.2. The van der Waals surface area contributed by atoms with Crippen molar-refractivity contribution >= 4 is 24.0 Å². The van der Waals surface area contributed by atoms with E-state index in [9.17, 15) is 4.79 Å². The van der Waals surface area contributed by atoms with Crippen molar-refractivity contribution in [1.82, 2.24) is 0 Å². The minimum atomic E-state index is -0.343. The van der Waals surface area contributed by atoms with Crippen LogP contribution in [0.5, 0.6) is 5.75 Å². The average Bonchev–Trinajstić information content (AvgIpc) is 3.23. The Morgan fingerprint density at radius 2 is 2.15 bits per heavy atom. The quantitative estimate of drug-likeness (QED) is 0.668. The van der Waals surface area contributed by atoms with Gasteiger partial charge in [0.2, 0.25) is 0 Å². The second-order valence-corrected chi connectivity index (χ2v) is 4.59. The van der Waals surface area contributed by atoms with Crippen molar-refractivity contribution in [3.63, 3.8) is 0 Å². The Morgan fingerprint density at radius 1 is 1.50 bits per heavy atom. The van der Waals surface area contributed by atoms with Gasteiger partial charge in [-0.15, -0.1) is 0 Å². The van der Waals surface area contributed by atoms with Gasteiger partial charge in [-0.1, -0.05) is 11.6 Å². The maximum absolute atomic E-state index is 11.2. The summed E-state index contributed by atoms with van der Waals surface area (Å²) in [5.41, 5.74) is 1.10. The van der Waals surface area contributed by atoms with Crippen LogP contribution in [-0.2, 0) is 14.3 Å². The molecule has 0 radical (unpaired) electrons. The van der Waals surface area contributed by atoms with E-state index in [0.29, 0.717) is 17.5 Å². The summed E-state index contributed by atoms with van der Waals surface area (Å²) in [7, 11) is 0. The molecular weight excluding hydrogens is 284 g/mol. The Morgan fingerprint density at radius 3 is 2.70 bits per heavy atom. The smallest absolute Gasteiger partial charge is 0.344 e. The molecule has 0 bridgehead atoms. The standard InChI is InChI=1S/C13H15ClO3.CH2O2/c1-2-16-13(15)8-17-12-6-5-10(14)7-11(12)9-3-4-9;2-1-3/h5-7,9H,2-4,8H2,1H3;1H,(H,2,3). The van der Waals surface area contributed by atoms with Gasteiger partial charge in [0.05, 0.1) is 6.61 Å². The first kappa shape index (κ1) is 16.3. The van der Waals surface area contributed by atoms with Gasteiger partial charge in [-0.2, -0.15) is 0 Å². The van der Waals surface area contributed by atoms with E-state index in [4.69, 9.17) is 31.0 Å². The van der Waals surface area contributed by atoms with Gasteiger partial charge in [0.1, 0.15) is 5.75 Å². The molecule has 0 heterocycles. The number of benzene rings is 1. The Balaban J connectivity index is 0.000000612. The van der Waals surface area contributed by atoms with Crippen LogP contribution in [0, 0.1) is 0 Å². The van der Waals surface area contributed by atoms with E-state index in [0.717, 1.165) is 24.2 Å². The normalized spacial score (nSPS) is 12.9. The molecule has 1 fully saturated rings.